The Balaban J connectivity index is 2.02. The van der Waals surface area contributed by atoms with Crippen LogP contribution in [0.15, 0.2) is 47.2 Å². The average Bonchev–Trinajstić information content (AvgIpc) is 2.98. The van der Waals surface area contributed by atoms with E-state index < -0.39 is 9.58 Å². The first-order chi connectivity index (χ1) is 11.5. The molecule has 1 aromatic carbocycles. The molecule has 1 aliphatic carbocycles. The molecular formula is C18H18Cl3NO2. The van der Waals surface area contributed by atoms with Crippen LogP contribution in [0.3, 0.4) is 0 Å². The van der Waals surface area contributed by atoms with Crippen molar-refractivity contribution in [1.29, 1.82) is 0 Å². The maximum Gasteiger partial charge on any atom is 0.253 e. The number of alkyl halides is 3. The van der Waals surface area contributed by atoms with E-state index >= 15 is 0 Å². The summed E-state index contributed by atoms with van der Waals surface area (Å²) in [5, 5.41) is 0. The number of nitrogens with zero attached hydrogens (tertiary/aromatic N) is 1. The maximum absolute atomic E-state index is 12.6. The number of rotatable bonds is 3. The molecule has 1 saturated heterocycles. The van der Waals surface area contributed by atoms with Crippen molar-refractivity contribution in [2.24, 2.45) is 0 Å². The monoisotopic (exact) mass is 385 g/mol. The Morgan fingerprint density at radius 3 is 2.38 bits per heavy atom. The van der Waals surface area contributed by atoms with E-state index in [9.17, 15) is 4.79 Å². The van der Waals surface area contributed by atoms with Gasteiger partial charge in [0.05, 0.1) is 13.2 Å². The number of hydrogen-bond acceptors (Lipinski definition) is 3. The van der Waals surface area contributed by atoms with E-state index in [-0.39, 0.29) is 0 Å². The lowest BCUT2D eigenvalue weighted by atomic mass is 10.1. The highest BCUT2D eigenvalue weighted by Gasteiger charge is 2.39. The number of carbonyl (C=O) groups is 1. The number of hydrogen-bond donors (Lipinski definition) is 0. The lowest BCUT2D eigenvalue weighted by Gasteiger charge is -2.32. The van der Waals surface area contributed by atoms with Gasteiger partial charge in [-0.3, -0.25) is 4.79 Å². The highest BCUT2D eigenvalue weighted by Crippen LogP contribution is 2.41. The molecule has 1 fully saturated rings. The van der Waals surface area contributed by atoms with Gasteiger partial charge in [-0.2, -0.15) is 0 Å². The fourth-order valence-corrected chi connectivity index (χ4v) is 3.50. The predicted molar refractivity (Wildman–Crippen MR) is 98.4 cm³/mol. The minimum absolute atomic E-state index is 0.426. The molecule has 1 aromatic rings. The first-order valence-electron chi connectivity index (χ1n) is 7.90. The van der Waals surface area contributed by atoms with Gasteiger partial charge in [0.15, 0.2) is 0 Å². The van der Waals surface area contributed by atoms with Crippen LogP contribution in [0.25, 0.3) is 6.08 Å². The molecule has 1 heterocycles. The van der Waals surface area contributed by atoms with Gasteiger partial charge in [0.1, 0.15) is 0 Å². The third kappa shape index (κ3) is 3.97. The highest BCUT2D eigenvalue weighted by atomic mass is 35.6. The average molecular weight is 387 g/mol. The zero-order valence-corrected chi connectivity index (χ0v) is 15.4. The summed E-state index contributed by atoms with van der Waals surface area (Å²) in [6.45, 7) is 2.74. The summed E-state index contributed by atoms with van der Waals surface area (Å²) >= 11 is 17.6. The largest absolute Gasteiger partial charge is 0.378 e. The number of Topliss-reactive ketones (excluding diaryl/α,β-unsaturated/α-hetero) is 1. The van der Waals surface area contributed by atoms with Gasteiger partial charge in [-0.15, -0.1) is 0 Å². The molecule has 3 nitrogen and oxygen atoms in total. The van der Waals surface area contributed by atoms with Crippen LogP contribution in [-0.4, -0.2) is 40.8 Å². The summed E-state index contributed by atoms with van der Waals surface area (Å²) in [5.41, 5.74) is 3.74. The third-order valence-corrected chi connectivity index (χ3v) is 4.75. The Morgan fingerprint density at radius 2 is 1.75 bits per heavy atom. The van der Waals surface area contributed by atoms with Gasteiger partial charge in [0.2, 0.25) is 5.78 Å². The van der Waals surface area contributed by atoms with E-state index in [1.807, 2.05) is 30.3 Å². The Kier molecular flexibility index (Phi) is 5.56. The number of morpholine rings is 1. The number of carbonyl (C=O) groups excluding carboxylic acids is 1. The molecule has 128 valence electrons. The Labute approximate surface area is 156 Å². The minimum atomic E-state index is -1.92. The van der Waals surface area contributed by atoms with Crippen molar-refractivity contribution in [2.75, 3.05) is 26.3 Å². The van der Waals surface area contributed by atoms with Gasteiger partial charge in [0.25, 0.3) is 3.79 Å². The second kappa shape index (κ2) is 7.49. The molecule has 0 radical (unpaired) electrons. The summed E-state index contributed by atoms with van der Waals surface area (Å²) < 4.78 is 3.51. The molecule has 6 heteroatoms. The molecule has 0 bridgehead atoms. The van der Waals surface area contributed by atoms with Gasteiger partial charge >= 0.3 is 0 Å². The summed E-state index contributed by atoms with van der Waals surface area (Å²) in [6, 6.07) is 10.0. The summed E-state index contributed by atoms with van der Waals surface area (Å²) in [6.07, 6.45) is 3.48. The van der Waals surface area contributed by atoms with Crippen LogP contribution in [0.2, 0.25) is 0 Å². The van der Waals surface area contributed by atoms with Crippen molar-refractivity contribution in [2.45, 2.75) is 16.6 Å². The van der Waals surface area contributed by atoms with Crippen LogP contribution < -0.4 is 0 Å². The molecule has 0 unspecified atom stereocenters. The molecule has 3 rings (SSSR count). The van der Waals surface area contributed by atoms with Crippen molar-refractivity contribution in [3.8, 4) is 0 Å². The van der Waals surface area contributed by atoms with Gasteiger partial charge < -0.3 is 9.64 Å². The van der Waals surface area contributed by atoms with E-state index in [0.717, 1.165) is 36.3 Å². The van der Waals surface area contributed by atoms with Crippen molar-refractivity contribution < 1.29 is 9.53 Å². The smallest absolute Gasteiger partial charge is 0.253 e. The quantitative estimate of drug-likeness (QED) is 0.722. The van der Waals surface area contributed by atoms with Crippen LogP contribution >= 0.6 is 34.8 Å². The van der Waals surface area contributed by atoms with Gasteiger partial charge in [0, 0.05) is 24.4 Å². The highest BCUT2D eigenvalue weighted by molar-refractivity contribution is 6.77. The lowest BCUT2D eigenvalue weighted by molar-refractivity contribution is -0.115. The van der Waals surface area contributed by atoms with E-state index in [0.29, 0.717) is 25.2 Å². The topological polar surface area (TPSA) is 29.5 Å². The fraction of sp³-hybridized carbons (Fsp3) is 0.389. The molecule has 0 amide bonds. The summed E-state index contributed by atoms with van der Waals surface area (Å²) in [4.78, 5) is 14.8. The van der Waals surface area contributed by atoms with Gasteiger partial charge in [-0.25, -0.2) is 0 Å². The van der Waals surface area contributed by atoms with Crippen LogP contribution in [0, 0.1) is 0 Å². The third-order valence-electron chi connectivity index (χ3n) is 4.23. The molecule has 2 aliphatic rings. The van der Waals surface area contributed by atoms with Crippen molar-refractivity contribution in [3.05, 3.63) is 52.7 Å². The number of halogens is 3. The normalized spacial score (nSPS) is 20.8. The van der Waals surface area contributed by atoms with Gasteiger partial charge in [-0.05, 0) is 30.1 Å². The van der Waals surface area contributed by atoms with Crippen LogP contribution in [0.1, 0.15) is 18.4 Å². The molecule has 0 spiro atoms. The second-order valence-electron chi connectivity index (χ2n) is 5.83. The van der Waals surface area contributed by atoms with Gasteiger partial charge in [-0.1, -0.05) is 65.1 Å². The number of ether oxygens (including phenoxy) is 1. The Hall–Kier alpha value is -1.000. The van der Waals surface area contributed by atoms with Crippen LogP contribution in [-0.2, 0) is 9.53 Å². The number of allylic oxidation sites excluding steroid dienone is 2. The second-order valence-corrected chi connectivity index (χ2v) is 8.11. The Morgan fingerprint density at radius 1 is 1.08 bits per heavy atom. The van der Waals surface area contributed by atoms with E-state index in [1.54, 1.807) is 0 Å². The molecule has 24 heavy (non-hydrogen) atoms. The molecule has 1 aliphatic heterocycles. The van der Waals surface area contributed by atoms with Crippen molar-refractivity contribution >= 4 is 46.7 Å². The SMILES string of the molecule is O=C(C1=C(N2CCOCC2)C(=Cc2ccccc2)CC1)C(Cl)(Cl)Cl. The summed E-state index contributed by atoms with van der Waals surface area (Å²) in [7, 11) is 0. The van der Waals surface area contributed by atoms with Crippen molar-refractivity contribution in [1.82, 2.24) is 4.90 Å². The lowest BCUT2D eigenvalue weighted by Crippen LogP contribution is -2.37. The zero-order chi connectivity index (χ0) is 17.2. The van der Waals surface area contributed by atoms with E-state index in [2.05, 4.69) is 11.0 Å². The number of benzene rings is 1. The van der Waals surface area contributed by atoms with E-state index in [1.165, 1.54) is 0 Å². The van der Waals surface area contributed by atoms with Crippen LogP contribution in [0.5, 0.6) is 0 Å². The first kappa shape index (κ1) is 17.8. The van der Waals surface area contributed by atoms with E-state index in [4.69, 9.17) is 39.5 Å². The minimum Gasteiger partial charge on any atom is -0.378 e. The maximum atomic E-state index is 12.6. The standard InChI is InChI=1S/C18H18Cl3NO2/c19-18(20,21)17(23)15-7-6-14(12-13-4-2-1-3-5-13)16(15)22-8-10-24-11-9-22/h1-5,12H,6-11H2. The van der Waals surface area contributed by atoms with Crippen molar-refractivity contribution in [3.63, 3.8) is 0 Å². The molecular weight excluding hydrogens is 369 g/mol. The fourth-order valence-electron chi connectivity index (χ4n) is 3.15. The predicted octanol–water partition coefficient (Wildman–Crippen LogP) is 4.39. The molecule has 0 N–H and O–H groups in total. The molecule has 0 aromatic heterocycles. The summed E-state index contributed by atoms with van der Waals surface area (Å²) in [5.74, 6) is -0.426. The zero-order valence-electron chi connectivity index (χ0n) is 13.1. The van der Waals surface area contributed by atoms with Crippen LogP contribution in [0.4, 0.5) is 0 Å². The Bertz CT molecular complexity index is 671. The molecule has 0 atom stereocenters. The molecule has 0 saturated carbocycles. The first-order valence-corrected chi connectivity index (χ1v) is 9.03. The number of ketones is 1.